The molecule has 0 aromatic carbocycles. The van der Waals surface area contributed by atoms with E-state index in [0.29, 0.717) is 13.0 Å². The molecule has 2 rings (SSSR count). The van der Waals surface area contributed by atoms with Crippen LogP contribution < -0.4 is 5.32 Å². The standard InChI is InChI=1S/C17H21N3O/c1-12-4-6-18-15(8-12)10-17(20-11-14(3)21)16-9-13(2)5-7-19-16/h4-9,17,20H,10-11H2,1-3H3. The lowest BCUT2D eigenvalue weighted by atomic mass is 10.0. The molecule has 0 aliphatic rings. The number of nitrogens with zero attached hydrogens (tertiary/aromatic N) is 2. The van der Waals surface area contributed by atoms with E-state index in [0.717, 1.165) is 17.0 Å². The number of hydrogen-bond donors (Lipinski definition) is 1. The van der Waals surface area contributed by atoms with Crippen molar-refractivity contribution in [1.82, 2.24) is 15.3 Å². The zero-order chi connectivity index (χ0) is 15.2. The minimum atomic E-state index is -0.0110. The maximum atomic E-state index is 11.3. The molecule has 2 heterocycles. The largest absolute Gasteiger partial charge is 0.301 e. The van der Waals surface area contributed by atoms with Crippen molar-refractivity contribution >= 4 is 5.78 Å². The molecule has 21 heavy (non-hydrogen) atoms. The summed E-state index contributed by atoms with van der Waals surface area (Å²) in [5.74, 6) is 0.116. The van der Waals surface area contributed by atoms with Gasteiger partial charge in [0.25, 0.3) is 0 Å². The Kier molecular flexibility index (Phi) is 5.17. The van der Waals surface area contributed by atoms with Gasteiger partial charge in [0.05, 0.1) is 18.3 Å². The molecule has 0 amide bonds. The van der Waals surface area contributed by atoms with Crippen molar-refractivity contribution in [3.05, 3.63) is 59.2 Å². The number of aryl methyl sites for hydroxylation is 2. The molecule has 1 N–H and O–H groups in total. The Morgan fingerprint density at radius 3 is 2.43 bits per heavy atom. The van der Waals surface area contributed by atoms with E-state index in [1.807, 2.05) is 38.2 Å². The van der Waals surface area contributed by atoms with Gasteiger partial charge in [0.15, 0.2) is 0 Å². The number of carbonyl (C=O) groups excluding carboxylic acids is 1. The van der Waals surface area contributed by atoms with Crippen LogP contribution in [0.25, 0.3) is 0 Å². The number of ketones is 1. The number of carbonyl (C=O) groups is 1. The highest BCUT2D eigenvalue weighted by atomic mass is 16.1. The first kappa shape index (κ1) is 15.3. The van der Waals surface area contributed by atoms with Gasteiger partial charge in [-0.1, -0.05) is 0 Å². The maximum Gasteiger partial charge on any atom is 0.143 e. The van der Waals surface area contributed by atoms with Crippen molar-refractivity contribution in [2.24, 2.45) is 0 Å². The van der Waals surface area contributed by atoms with Crippen molar-refractivity contribution in [2.45, 2.75) is 33.2 Å². The molecule has 0 aliphatic heterocycles. The number of aromatic nitrogens is 2. The van der Waals surface area contributed by atoms with Crippen LogP contribution in [0.5, 0.6) is 0 Å². The summed E-state index contributed by atoms with van der Waals surface area (Å²) in [6.45, 7) is 6.01. The Labute approximate surface area is 125 Å². The van der Waals surface area contributed by atoms with E-state index in [1.54, 1.807) is 13.1 Å². The first-order valence-electron chi connectivity index (χ1n) is 7.11. The molecule has 0 saturated heterocycles. The fraction of sp³-hybridized carbons (Fsp3) is 0.353. The molecule has 0 aliphatic carbocycles. The van der Waals surface area contributed by atoms with Crippen molar-refractivity contribution in [1.29, 1.82) is 0 Å². The SMILES string of the molecule is CC(=O)CNC(Cc1cc(C)ccn1)c1cc(C)ccn1. The molecule has 0 bridgehead atoms. The topological polar surface area (TPSA) is 54.9 Å². The van der Waals surface area contributed by atoms with Gasteiger partial charge >= 0.3 is 0 Å². The Bertz CT molecular complexity index is 625. The summed E-state index contributed by atoms with van der Waals surface area (Å²) in [6.07, 6.45) is 4.33. The lowest BCUT2D eigenvalue weighted by Gasteiger charge is -2.18. The second-order valence-corrected chi connectivity index (χ2v) is 5.42. The van der Waals surface area contributed by atoms with Crippen LogP contribution in [0.3, 0.4) is 0 Å². The van der Waals surface area contributed by atoms with Crippen molar-refractivity contribution in [2.75, 3.05) is 6.54 Å². The number of nitrogens with one attached hydrogen (secondary N) is 1. The van der Waals surface area contributed by atoms with Gasteiger partial charge in [-0.05, 0) is 56.2 Å². The summed E-state index contributed by atoms with van der Waals surface area (Å²) in [4.78, 5) is 20.1. The van der Waals surface area contributed by atoms with Gasteiger partial charge in [0, 0.05) is 24.5 Å². The van der Waals surface area contributed by atoms with Crippen molar-refractivity contribution in [3.8, 4) is 0 Å². The van der Waals surface area contributed by atoms with Crippen LogP contribution in [0.2, 0.25) is 0 Å². The minimum absolute atomic E-state index is 0.0110. The summed E-state index contributed by atoms with van der Waals surface area (Å²) in [6, 6.07) is 8.05. The van der Waals surface area contributed by atoms with E-state index in [4.69, 9.17) is 0 Å². The number of pyridine rings is 2. The van der Waals surface area contributed by atoms with Crippen molar-refractivity contribution in [3.63, 3.8) is 0 Å². The first-order chi connectivity index (χ1) is 10.0. The molecule has 4 heteroatoms. The molecular weight excluding hydrogens is 262 g/mol. The van der Waals surface area contributed by atoms with Gasteiger partial charge in [-0.3, -0.25) is 14.8 Å². The van der Waals surface area contributed by atoms with Crippen LogP contribution >= 0.6 is 0 Å². The Morgan fingerprint density at radius 2 is 1.81 bits per heavy atom. The molecule has 0 saturated carbocycles. The molecule has 2 aromatic rings. The lowest BCUT2D eigenvalue weighted by Crippen LogP contribution is -2.29. The number of hydrogen-bond acceptors (Lipinski definition) is 4. The van der Waals surface area contributed by atoms with Gasteiger partial charge in [0.1, 0.15) is 5.78 Å². The summed E-state index contributed by atoms with van der Waals surface area (Å²) >= 11 is 0. The molecule has 1 atom stereocenters. The fourth-order valence-corrected chi connectivity index (χ4v) is 2.22. The Balaban J connectivity index is 2.21. The highest BCUT2D eigenvalue weighted by Crippen LogP contribution is 2.17. The number of rotatable bonds is 6. The monoisotopic (exact) mass is 283 g/mol. The molecule has 110 valence electrons. The highest BCUT2D eigenvalue weighted by Gasteiger charge is 2.15. The number of Topliss-reactive ketones (excluding diaryl/α,β-unsaturated/α-hetero) is 1. The predicted molar refractivity (Wildman–Crippen MR) is 83.1 cm³/mol. The Hall–Kier alpha value is -2.07. The smallest absolute Gasteiger partial charge is 0.143 e. The van der Waals surface area contributed by atoms with Crippen LogP contribution in [0.15, 0.2) is 36.7 Å². The summed E-state index contributed by atoms with van der Waals surface area (Å²) in [5.41, 5.74) is 4.29. The van der Waals surface area contributed by atoms with E-state index < -0.39 is 0 Å². The molecule has 2 aromatic heterocycles. The van der Waals surface area contributed by atoms with Gasteiger partial charge < -0.3 is 5.32 Å². The summed E-state index contributed by atoms with van der Waals surface area (Å²) in [7, 11) is 0. The first-order valence-corrected chi connectivity index (χ1v) is 7.11. The average Bonchev–Trinajstić information content (AvgIpc) is 2.43. The average molecular weight is 283 g/mol. The van der Waals surface area contributed by atoms with Gasteiger partial charge in [-0.2, -0.15) is 0 Å². The molecule has 0 fully saturated rings. The van der Waals surface area contributed by atoms with E-state index >= 15 is 0 Å². The maximum absolute atomic E-state index is 11.3. The second kappa shape index (κ2) is 7.09. The van der Waals surface area contributed by atoms with Crippen LogP contribution in [0.1, 0.15) is 35.5 Å². The predicted octanol–water partition coefficient (Wildman–Crippen LogP) is 2.56. The fourth-order valence-electron chi connectivity index (χ4n) is 2.22. The highest BCUT2D eigenvalue weighted by molar-refractivity contribution is 5.77. The quantitative estimate of drug-likeness (QED) is 0.885. The van der Waals surface area contributed by atoms with E-state index in [-0.39, 0.29) is 11.8 Å². The Morgan fingerprint density at radius 1 is 1.14 bits per heavy atom. The van der Waals surface area contributed by atoms with Crippen LogP contribution in [0.4, 0.5) is 0 Å². The van der Waals surface area contributed by atoms with Gasteiger partial charge in [0.2, 0.25) is 0 Å². The van der Waals surface area contributed by atoms with Crippen LogP contribution in [-0.2, 0) is 11.2 Å². The third-order valence-electron chi connectivity index (χ3n) is 3.28. The molecular formula is C17H21N3O. The summed E-state index contributed by atoms with van der Waals surface area (Å²) in [5, 5.41) is 3.28. The third-order valence-corrected chi connectivity index (χ3v) is 3.28. The second-order valence-electron chi connectivity index (χ2n) is 5.42. The minimum Gasteiger partial charge on any atom is -0.301 e. The third kappa shape index (κ3) is 4.76. The van der Waals surface area contributed by atoms with E-state index in [2.05, 4.69) is 21.4 Å². The molecule has 1 unspecified atom stereocenters. The normalized spacial score (nSPS) is 12.1. The van der Waals surface area contributed by atoms with Crippen LogP contribution in [0, 0.1) is 13.8 Å². The van der Waals surface area contributed by atoms with Crippen LogP contribution in [-0.4, -0.2) is 22.3 Å². The van der Waals surface area contributed by atoms with E-state index in [9.17, 15) is 4.79 Å². The summed E-state index contributed by atoms with van der Waals surface area (Å²) < 4.78 is 0. The van der Waals surface area contributed by atoms with Gasteiger partial charge in [-0.25, -0.2) is 0 Å². The zero-order valence-electron chi connectivity index (χ0n) is 12.8. The zero-order valence-corrected chi connectivity index (χ0v) is 12.8. The lowest BCUT2D eigenvalue weighted by molar-refractivity contribution is -0.116. The van der Waals surface area contributed by atoms with Gasteiger partial charge in [-0.15, -0.1) is 0 Å². The van der Waals surface area contributed by atoms with Crippen molar-refractivity contribution < 1.29 is 4.79 Å². The molecule has 0 spiro atoms. The molecule has 0 radical (unpaired) electrons. The molecule has 4 nitrogen and oxygen atoms in total. The van der Waals surface area contributed by atoms with E-state index in [1.165, 1.54) is 5.56 Å².